The number of carbonyl (C=O) groups excluding carboxylic acids is 2. The molecule has 0 saturated carbocycles. The average molecular weight is 292 g/mol. The van der Waals surface area contributed by atoms with E-state index in [-0.39, 0.29) is 12.0 Å². The second kappa shape index (κ2) is 6.94. The van der Waals surface area contributed by atoms with E-state index in [9.17, 15) is 9.59 Å². The predicted molar refractivity (Wildman–Crippen MR) is 78.9 cm³/mol. The Morgan fingerprint density at radius 2 is 1.81 bits per heavy atom. The van der Waals surface area contributed by atoms with Crippen LogP contribution in [0.1, 0.15) is 17.3 Å². The van der Waals surface area contributed by atoms with E-state index in [1.54, 1.807) is 24.0 Å². The number of piperazine rings is 1. The van der Waals surface area contributed by atoms with Gasteiger partial charge >= 0.3 is 12.0 Å². The Kier molecular flexibility index (Phi) is 4.99. The fraction of sp³-hybridized carbons (Fsp3) is 0.429. The van der Waals surface area contributed by atoms with Gasteiger partial charge in [0, 0.05) is 31.9 Å². The quantitative estimate of drug-likeness (QED) is 0.368. The summed E-state index contributed by atoms with van der Waals surface area (Å²) >= 11 is 0. The lowest BCUT2D eigenvalue weighted by molar-refractivity contribution is 0.0526. The van der Waals surface area contributed by atoms with Crippen molar-refractivity contribution in [1.82, 2.24) is 10.3 Å². The van der Waals surface area contributed by atoms with Crippen LogP contribution in [0.25, 0.3) is 0 Å². The van der Waals surface area contributed by atoms with Gasteiger partial charge in [-0.15, -0.1) is 0 Å². The summed E-state index contributed by atoms with van der Waals surface area (Å²) in [5, 5.41) is 0. The Balaban J connectivity index is 1.95. The summed E-state index contributed by atoms with van der Waals surface area (Å²) in [7, 11) is 0. The summed E-state index contributed by atoms with van der Waals surface area (Å²) in [6, 6.07) is 7.04. The van der Waals surface area contributed by atoms with Gasteiger partial charge in [-0.3, -0.25) is 5.43 Å². The molecule has 0 unspecified atom stereocenters. The highest BCUT2D eigenvalue weighted by atomic mass is 16.5. The summed E-state index contributed by atoms with van der Waals surface area (Å²) < 4.78 is 4.95. The molecular formula is C14H20N4O3. The molecule has 1 fully saturated rings. The van der Waals surface area contributed by atoms with Crippen molar-refractivity contribution in [3.05, 3.63) is 29.8 Å². The SMILES string of the molecule is CCOC(=O)c1ccc(N2CCN(C(=O)NN)CC2)cc1. The van der Waals surface area contributed by atoms with Crippen LogP contribution < -0.4 is 16.2 Å². The number of rotatable bonds is 3. The van der Waals surface area contributed by atoms with Crippen molar-refractivity contribution in [2.75, 3.05) is 37.7 Å². The Labute approximate surface area is 123 Å². The number of nitrogens with one attached hydrogen (secondary N) is 1. The highest BCUT2D eigenvalue weighted by Gasteiger charge is 2.20. The minimum absolute atomic E-state index is 0.257. The van der Waals surface area contributed by atoms with Gasteiger partial charge in [0.15, 0.2) is 0 Å². The van der Waals surface area contributed by atoms with Crippen LogP contribution in [0.4, 0.5) is 10.5 Å². The van der Waals surface area contributed by atoms with Gasteiger partial charge < -0.3 is 14.5 Å². The minimum Gasteiger partial charge on any atom is -0.462 e. The highest BCUT2D eigenvalue weighted by molar-refractivity contribution is 5.89. The normalized spacial score (nSPS) is 14.8. The number of benzene rings is 1. The molecule has 0 bridgehead atoms. The summed E-state index contributed by atoms with van der Waals surface area (Å²) in [6.07, 6.45) is 0. The molecule has 0 spiro atoms. The van der Waals surface area contributed by atoms with Gasteiger partial charge in [-0.05, 0) is 31.2 Å². The number of carbonyl (C=O) groups is 2. The molecule has 7 heteroatoms. The minimum atomic E-state index is -0.312. The molecule has 1 saturated heterocycles. The third-order valence-corrected chi connectivity index (χ3v) is 3.43. The number of ether oxygens (including phenoxy) is 1. The molecule has 1 aliphatic rings. The number of hydrazine groups is 1. The van der Waals surface area contributed by atoms with E-state index in [4.69, 9.17) is 10.6 Å². The smallest absolute Gasteiger partial charge is 0.338 e. The molecule has 1 aromatic rings. The van der Waals surface area contributed by atoms with Gasteiger partial charge in [0.25, 0.3) is 0 Å². The van der Waals surface area contributed by atoms with E-state index in [0.29, 0.717) is 25.3 Å². The number of hydrogen-bond donors (Lipinski definition) is 2. The molecule has 7 nitrogen and oxygen atoms in total. The summed E-state index contributed by atoms with van der Waals surface area (Å²) in [4.78, 5) is 26.8. The molecule has 1 heterocycles. The fourth-order valence-electron chi connectivity index (χ4n) is 2.28. The monoisotopic (exact) mass is 292 g/mol. The van der Waals surface area contributed by atoms with Gasteiger partial charge in [0.2, 0.25) is 0 Å². The third-order valence-electron chi connectivity index (χ3n) is 3.43. The number of urea groups is 1. The van der Waals surface area contributed by atoms with Crippen LogP contribution in [-0.4, -0.2) is 49.7 Å². The lowest BCUT2D eigenvalue weighted by atomic mass is 10.2. The molecule has 0 atom stereocenters. The summed E-state index contributed by atoms with van der Waals surface area (Å²) in [6.45, 7) is 4.83. The lowest BCUT2D eigenvalue weighted by Gasteiger charge is -2.35. The third kappa shape index (κ3) is 3.63. The van der Waals surface area contributed by atoms with E-state index >= 15 is 0 Å². The molecule has 1 aliphatic heterocycles. The van der Waals surface area contributed by atoms with Crippen molar-refractivity contribution in [2.45, 2.75) is 6.92 Å². The summed E-state index contributed by atoms with van der Waals surface area (Å²) in [5.41, 5.74) is 3.71. The maximum Gasteiger partial charge on any atom is 0.338 e. The van der Waals surface area contributed by atoms with E-state index in [0.717, 1.165) is 18.8 Å². The van der Waals surface area contributed by atoms with Crippen molar-refractivity contribution >= 4 is 17.7 Å². The van der Waals surface area contributed by atoms with Gasteiger partial charge in [-0.25, -0.2) is 15.4 Å². The van der Waals surface area contributed by atoms with E-state index < -0.39 is 0 Å². The van der Waals surface area contributed by atoms with Gasteiger partial charge in [0.1, 0.15) is 0 Å². The topological polar surface area (TPSA) is 87.9 Å². The van der Waals surface area contributed by atoms with Crippen LogP contribution in [0.2, 0.25) is 0 Å². The first-order valence-corrected chi connectivity index (χ1v) is 6.93. The van der Waals surface area contributed by atoms with E-state index in [2.05, 4.69) is 10.3 Å². The molecule has 1 aromatic carbocycles. The van der Waals surface area contributed by atoms with Crippen LogP contribution in [0.3, 0.4) is 0 Å². The molecule has 21 heavy (non-hydrogen) atoms. The number of nitrogens with zero attached hydrogens (tertiary/aromatic N) is 2. The van der Waals surface area contributed by atoms with E-state index in [1.807, 2.05) is 12.1 Å². The second-order valence-corrected chi connectivity index (χ2v) is 4.69. The maximum atomic E-state index is 11.6. The first kappa shape index (κ1) is 15.1. The molecule has 3 N–H and O–H groups in total. The Morgan fingerprint density at radius 3 is 2.33 bits per heavy atom. The van der Waals surface area contributed by atoms with Gasteiger partial charge in [0.05, 0.1) is 12.2 Å². The number of nitrogens with two attached hydrogens (primary N) is 1. The Morgan fingerprint density at radius 1 is 1.19 bits per heavy atom. The predicted octanol–water partition coefficient (Wildman–Crippen LogP) is 0.569. The zero-order chi connectivity index (χ0) is 15.2. The molecule has 114 valence electrons. The average Bonchev–Trinajstić information content (AvgIpc) is 2.54. The first-order chi connectivity index (χ1) is 10.2. The zero-order valence-electron chi connectivity index (χ0n) is 12.0. The number of amides is 2. The molecule has 2 amide bonds. The van der Waals surface area contributed by atoms with Crippen LogP contribution in [0.5, 0.6) is 0 Å². The number of anilines is 1. The highest BCUT2D eigenvalue weighted by Crippen LogP contribution is 2.17. The van der Waals surface area contributed by atoms with Gasteiger partial charge in [-0.1, -0.05) is 0 Å². The Hall–Kier alpha value is -2.28. The van der Waals surface area contributed by atoms with E-state index in [1.165, 1.54) is 0 Å². The fourth-order valence-corrected chi connectivity index (χ4v) is 2.28. The van der Waals surface area contributed by atoms with Crippen molar-refractivity contribution in [3.8, 4) is 0 Å². The van der Waals surface area contributed by atoms with Crippen molar-refractivity contribution < 1.29 is 14.3 Å². The van der Waals surface area contributed by atoms with Crippen molar-refractivity contribution in [1.29, 1.82) is 0 Å². The number of esters is 1. The van der Waals surface area contributed by atoms with Crippen LogP contribution >= 0.6 is 0 Å². The molecule has 2 rings (SSSR count). The lowest BCUT2D eigenvalue weighted by Crippen LogP contribution is -2.53. The van der Waals surface area contributed by atoms with Crippen molar-refractivity contribution in [3.63, 3.8) is 0 Å². The summed E-state index contributed by atoms with van der Waals surface area (Å²) in [5.74, 6) is 4.81. The first-order valence-electron chi connectivity index (χ1n) is 6.93. The van der Waals surface area contributed by atoms with Gasteiger partial charge in [-0.2, -0.15) is 0 Å². The van der Waals surface area contributed by atoms with Crippen LogP contribution in [0.15, 0.2) is 24.3 Å². The molecule has 0 aromatic heterocycles. The largest absolute Gasteiger partial charge is 0.462 e. The molecule has 0 aliphatic carbocycles. The second-order valence-electron chi connectivity index (χ2n) is 4.69. The Bertz CT molecular complexity index is 495. The maximum absolute atomic E-state index is 11.6. The van der Waals surface area contributed by atoms with Crippen molar-refractivity contribution in [2.24, 2.45) is 5.84 Å². The molecule has 0 radical (unpaired) electrons. The number of hydrogen-bond acceptors (Lipinski definition) is 5. The van der Waals surface area contributed by atoms with Crippen LogP contribution in [0, 0.1) is 0 Å². The zero-order valence-corrected chi connectivity index (χ0v) is 12.0. The standard InChI is InChI=1S/C14H20N4O3/c1-2-21-13(19)11-3-5-12(6-4-11)17-7-9-18(10-8-17)14(20)16-15/h3-6H,2,7-10,15H2,1H3,(H,16,20). The molecular weight excluding hydrogens is 272 g/mol. The van der Waals surface area contributed by atoms with Crippen LogP contribution in [-0.2, 0) is 4.74 Å².